The van der Waals surface area contributed by atoms with Crippen molar-refractivity contribution >= 4 is 40.5 Å². The molecule has 102 valence electrons. The van der Waals surface area contributed by atoms with E-state index >= 15 is 0 Å². The third-order valence-corrected chi connectivity index (χ3v) is 2.85. The van der Waals surface area contributed by atoms with Crippen LogP contribution < -0.4 is 5.32 Å². The quantitative estimate of drug-likeness (QED) is 0.533. The van der Waals surface area contributed by atoms with E-state index in [-0.39, 0.29) is 27.1 Å². The zero-order chi connectivity index (χ0) is 14.7. The Kier molecular flexibility index (Phi) is 4.16. The number of aromatic nitrogens is 1. The molecule has 0 saturated carbocycles. The predicted octanol–water partition coefficient (Wildman–Crippen LogP) is 3.55. The molecule has 1 aromatic carbocycles. The number of nitro benzene ring substituents is 1. The summed E-state index contributed by atoms with van der Waals surface area (Å²) in [7, 11) is 0. The van der Waals surface area contributed by atoms with Crippen molar-refractivity contribution in [3.05, 3.63) is 62.4 Å². The monoisotopic (exact) mass is 311 g/mol. The summed E-state index contributed by atoms with van der Waals surface area (Å²) in [6, 6.07) is 6.89. The van der Waals surface area contributed by atoms with E-state index in [2.05, 4.69) is 10.3 Å². The van der Waals surface area contributed by atoms with Crippen molar-refractivity contribution in [3.63, 3.8) is 0 Å². The van der Waals surface area contributed by atoms with Gasteiger partial charge in [0.1, 0.15) is 10.8 Å². The zero-order valence-electron chi connectivity index (χ0n) is 9.84. The maximum atomic E-state index is 11.9. The van der Waals surface area contributed by atoms with Crippen molar-refractivity contribution in [1.29, 1.82) is 0 Å². The molecule has 1 aromatic heterocycles. The summed E-state index contributed by atoms with van der Waals surface area (Å²) < 4.78 is 0. The lowest BCUT2D eigenvalue weighted by atomic mass is 10.2. The highest BCUT2D eigenvalue weighted by Gasteiger charge is 2.17. The Morgan fingerprint density at radius 3 is 2.60 bits per heavy atom. The molecule has 1 amide bonds. The molecule has 0 saturated heterocycles. The number of hydrogen-bond acceptors (Lipinski definition) is 4. The third-order valence-electron chi connectivity index (χ3n) is 2.39. The van der Waals surface area contributed by atoms with Crippen molar-refractivity contribution < 1.29 is 9.72 Å². The van der Waals surface area contributed by atoms with Gasteiger partial charge in [0.2, 0.25) is 0 Å². The van der Waals surface area contributed by atoms with E-state index < -0.39 is 10.8 Å². The molecule has 0 atom stereocenters. The molecule has 0 fully saturated rings. The van der Waals surface area contributed by atoms with Gasteiger partial charge in [-0.3, -0.25) is 14.9 Å². The smallest absolute Gasteiger partial charge is 0.294 e. The van der Waals surface area contributed by atoms with Gasteiger partial charge in [0, 0.05) is 17.3 Å². The molecule has 2 rings (SSSR count). The largest absolute Gasteiger partial charge is 0.316 e. The van der Waals surface area contributed by atoms with Gasteiger partial charge < -0.3 is 5.32 Å². The van der Waals surface area contributed by atoms with E-state index in [1.807, 2.05) is 0 Å². The summed E-state index contributed by atoms with van der Waals surface area (Å²) in [4.78, 5) is 26.0. The van der Waals surface area contributed by atoms with Gasteiger partial charge in [-0.15, -0.1) is 0 Å². The number of hydrogen-bond donors (Lipinski definition) is 1. The summed E-state index contributed by atoms with van der Waals surface area (Å²) >= 11 is 11.3. The lowest BCUT2D eigenvalue weighted by Gasteiger charge is -2.06. The minimum atomic E-state index is -0.623. The van der Waals surface area contributed by atoms with Crippen LogP contribution in [0.15, 0.2) is 36.5 Å². The molecule has 8 heteroatoms. The Labute approximate surface area is 123 Å². The van der Waals surface area contributed by atoms with Gasteiger partial charge in [-0.25, -0.2) is 4.98 Å². The van der Waals surface area contributed by atoms with Crippen molar-refractivity contribution in [3.8, 4) is 0 Å². The first kappa shape index (κ1) is 14.2. The lowest BCUT2D eigenvalue weighted by Crippen LogP contribution is -2.13. The van der Waals surface area contributed by atoms with Crippen LogP contribution in [0.3, 0.4) is 0 Å². The first-order chi connectivity index (χ1) is 9.47. The second kappa shape index (κ2) is 5.85. The van der Waals surface area contributed by atoms with E-state index in [0.717, 1.165) is 6.07 Å². The van der Waals surface area contributed by atoms with Gasteiger partial charge in [-0.2, -0.15) is 0 Å². The van der Waals surface area contributed by atoms with Crippen LogP contribution in [0.1, 0.15) is 10.4 Å². The van der Waals surface area contributed by atoms with Gasteiger partial charge >= 0.3 is 0 Å². The maximum absolute atomic E-state index is 11.9. The maximum Gasteiger partial charge on any atom is 0.294 e. The van der Waals surface area contributed by atoms with Crippen LogP contribution in [0.25, 0.3) is 0 Å². The first-order valence-corrected chi connectivity index (χ1v) is 6.10. The molecule has 20 heavy (non-hydrogen) atoms. The molecule has 0 spiro atoms. The number of carbonyl (C=O) groups excluding carboxylic acids is 1. The van der Waals surface area contributed by atoms with E-state index in [1.54, 1.807) is 0 Å². The number of halogens is 2. The van der Waals surface area contributed by atoms with Crippen LogP contribution in [0.2, 0.25) is 10.2 Å². The number of anilines is 1. The standard InChI is InChI=1S/C12H7Cl2N3O3/c13-8-2-3-9(10(5-8)17(19)20)16-12(18)7-1-4-11(14)15-6-7/h1-6H,(H,16,18). The molecule has 0 bridgehead atoms. The van der Waals surface area contributed by atoms with Crippen LogP contribution >= 0.6 is 23.2 Å². The summed E-state index contributed by atoms with van der Waals surface area (Å²) in [6.45, 7) is 0. The zero-order valence-corrected chi connectivity index (χ0v) is 11.4. The molecule has 0 aliphatic carbocycles. The average Bonchev–Trinajstić information content (AvgIpc) is 2.41. The van der Waals surface area contributed by atoms with Crippen LogP contribution in [0, 0.1) is 10.1 Å². The number of nitrogens with zero attached hydrogens (tertiary/aromatic N) is 2. The third kappa shape index (κ3) is 3.23. The van der Waals surface area contributed by atoms with E-state index in [1.165, 1.54) is 30.5 Å². The van der Waals surface area contributed by atoms with Crippen molar-refractivity contribution in [2.45, 2.75) is 0 Å². The number of rotatable bonds is 3. The number of amides is 1. The normalized spacial score (nSPS) is 10.1. The van der Waals surface area contributed by atoms with Crippen LogP contribution in [-0.2, 0) is 0 Å². The topological polar surface area (TPSA) is 85.1 Å². The van der Waals surface area contributed by atoms with Crippen LogP contribution in [0.4, 0.5) is 11.4 Å². The number of nitrogens with one attached hydrogen (secondary N) is 1. The Morgan fingerprint density at radius 1 is 1.25 bits per heavy atom. The van der Waals surface area contributed by atoms with Gasteiger partial charge in [-0.05, 0) is 24.3 Å². The molecular weight excluding hydrogens is 305 g/mol. The van der Waals surface area contributed by atoms with Crippen molar-refractivity contribution in [1.82, 2.24) is 4.98 Å². The molecule has 0 aliphatic heterocycles. The molecule has 2 aromatic rings. The second-order valence-electron chi connectivity index (χ2n) is 3.74. The van der Waals surface area contributed by atoms with E-state index in [9.17, 15) is 14.9 Å². The highest BCUT2D eigenvalue weighted by atomic mass is 35.5. The number of pyridine rings is 1. The molecule has 0 aliphatic rings. The molecule has 0 unspecified atom stereocenters. The summed E-state index contributed by atoms with van der Waals surface area (Å²) in [5, 5.41) is 13.8. The van der Waals surface area contributed by atoms with Crippen LogP contribution in [0.5, 0.6) is 0 Å². The molecule has 0 radical (unpaired) electrons. The second-order valence-corrected chi connectivity index (χ2v) is 4.57. The number of benzene rings is 1. The highest BCUT2D eigenvalue weighted by Crippen LogP contribution is 2.28. The number of carbonyl (C=O) groups is 1. The highest BCUT2D eigenvalue weighted by molar-refractivity contribution is 6.31. The van der Waals surface area contributed by atoms with E-state index in [0.29, 0.717) is 0 Å². The molecule has 6 nitrogen and oxygen atoms in total. The first-order valence-electron chi connectivity index (χ1n) is 5.34. The predicted molar refractivity (Wildman–Crippen MR) is 75.3 cm³/mol. The summed E-state index contributed by atoms with van der Waals surface area (Å²) in [5.74, 6) is -0.528. The van der Waals surface area contributed by atoms with Gasteiger partial charge in [0.25, 0.3) is 11.6 Å². The fourth-order valence-electron chi connectivity index (χ4n) is 1.47. The Balaban J connectivity index is 2.28. The Bertz CT molecular complexity index is 674. The minimum Gasteiger partial charge on any atom is -0.316 e. The molecule has 1 heterocycles. The fourth-order valence-corrected chi connectivity index (χ4v) is 1.74. The summed E-state index contributed by atoms with van der Waals surface area (Å²) in [6.07, 6.45) is 1.28. The van der Waals surface area contributed by atoms with Crippen molar-refractivity contribution in [2.24, 2.45) is 0 Å². The fraction of sp³-hybridized carbons (Fsp3) is 0. The van der Waals surface area contributed by atoms with Gasteiger partial charge in [0.15, 0.2) is 0 Å². The Hall–Kier alpha value is -2.18. The number of nitro groups is 1. The van der Waals surface area contributed by atoms with Gasteiger partial charge in [-0.1, -0.05) is 23.2 Å². The average molecular weight is 312 g/mol. The van der Waals surface area contributed by atoms with Crippen LogP contribution in [-0.4, -0.2) is 15.8 Å². The van der Waals surface area contributed by atoms with Gasteiger partial charge in [0.05, 0.1) is 10.5 Å². The SMILES string of the molecule is O=C(Nc1ccc(Cl)cc1[N+](=O)[O-])c1ccc(Cl)nc1. The molecular formula is C12H7Cl2N3O3. The Morgan fingerprint density at radius 2 is 2.00 bits per heavy atom. The molecule has 1 N–H and O–H groups in total. The lowest BCUT2D eigenvalue weighted by molar-refractivity contribution is -0.383. The summed E-state index contributed by atoms with van der Waals surface area (Å²) in [5.41, 5.74) is 0.00534. The van der Waals surface area contributed by atoms with E-state index in [4.69, 9.17) is 23.2 Å². The minimum absolute atomic E-state index is 0.0550. The van der Waals surface area contributed by atoms with Crippen molar-refractivity contribution in [2.75, 3.05) is 5.32 Å².